The van der Waals surface area contributed by atoms with Crippen LogP contribution in [0.25, 0.3) is 0 Å². The van der Waals surface area contributed by atoms with Gasteiger partial charge in [0.2, 0.25) is 0 Å². The highest BCUT2D eigenvalue weighted by molar-refractivity contribution is 7.47. The maximum atomic E-state index is 13.4. The summed E-state index contributed by atoms with van der Waals surface area (Å²) in [6, 6.07) is 0. The second-order valence-electron chi connectivity index (χ2n) is 17.7. The van der Waals surface area contributed by atoms with E-state index in [1.165, 1.54) is 108 Å². The zero-order valence-electron chi connectivity index (χ0n) is 39.5. The largest absolute Gasteiger partial charge is 0.472 e. The minimum atomic E-state index is -5.39. The number of esters is 2. The van der Waals surface area contributed by atoms with Crippen molar-refractivity contribution in [1.82, 2.24) is 0 Å². The van der Waals surface area contributed by atoms with Crippen molar-refractivity contribution in [2.24, 2.45) is 0 Å². The number of rotatable bonds is 37. The molecule has 0 bridgehead atoms. The number of aliphatic hydroxyl groups excluding tert-OH is 8. The van der Waals surface area contributed by atoms with Crippen LogP contribution in [0.2, 0.25) is 0 Å². The number of hydrogen-bond donors (Lipinski definition) is 9. The fraction of sp³-hybridized carbons (Fsp3) is 0.872. The number of hydrogen-bond acceptors (Lipinski definition) is 17. The van der Waals surface area contributed by atoms with E-state index in [1.54, 1.807) is 6.08 Å². The third-order valence-corrected chi connectivity index (χ3v) is 13.0. The summed E-state index contributed by atoms with van der Waals surface area (Å²) in [6.45, 7) is 2.09. The van der Waals surface area contributed by atoms with E-state index in [4.69, 9.17) is 28.0 Å². The van der Waals surface area contributed by atoms with Crippen LogP contribution in [0.4, 0.5) is 0 Å². The van der Waals surface area contributed by atoms with Gasteiger partial charge in [-0.2, -0.15) is 0 Å². The number of carbonyl (C=O) groups excluding carboxylic acids is 2. The van der Waals surface area contributed by atoms with Crippen molar-refractivity contribution in [1.29, 1.82) is 0 Å². The summed E-state index contributed by atoms with van der Waals surface area (Å²) in [7, 11) is -5.39. The summed E-state index contributed by atoms with van der Waals surface area (Å²) in [5.74, 6) is -1.47. The van der Waals surface area contributed by atoms with Gasteiger partial charge in [0.1, 0.15) is 67.6 Å². The van der Waals surface area contributed by atoms with Crippen LogP contribution in [0.15, 0.2) is 24.3 Å². The fourth-order valence-corrected chi connectivity index (χ4v) is 8.88. The standard InChI is InChI=1S/C47H85O18P/c1-3-5-7-9-11-13-15-16-17-18-20-21-23-25-27-29-36(49)60-32-34(62-37(50)30-28-26-24-22-19-14-12-10-8-6-4-2)33-61-66(58,59)65-46-43(56)41(54)40(53)42(55)45(46)64-47-44(57)39(52)38(51)35(31-48)63-47/h23,25,27,29,34-35,38-48,51-57H,3-22,24,26,28,30-33H2,1-2H3,(H,58,59)/b25-23+,29-27+. The van der Waals surface area contributed by atoms with E-state index in [0.717, 1.165) is 44.9 Å². The Hall–Kier alpha value is -1.87. The van der Waals surface area contributed by atoms with Crippen LogP contribution in [0, 0.1) is 0 Å². The minimum absolute atomic E-state index is 0.0158. The maximum Gasteiger partial charge on any atom is 0.472 e. The van der Waals surface area contributed by atoms with E-state index in [2.05, 4.69) is 13.8 Å². The topological polar surface area (TPSA) is 289 Å². The number of phosphoric acid groups is 1. The van der Waals surface area contributed by atoms with Gasteiger partial charge in [0.25, 0.3) is 0 Å². The second kappa shape index (κ2) is 35.3. The Bertz CT molecular complexity index is 1380. The van der Waals surface area contributed by atoms with Crippen LogP contribution < -0.4 is 0 Å². The van der Waals surface area contributed by atoms with Crippen LogP contribution in [-0.2, 0) is 42.1 Å². The summed E-state index contributed by atoms with van der Waals surface area (Å²) in [6.07, 6.45) is 9.12. The lowest BCUT2D eigenvalue weighted by Crippen LogP contribution is -2.67. The van der Waals surface area contributed by atoms with Crippen molar-refractivity contribution >= 4 is 19.8 Å². The normalized spacial score (nSPS) is 28.4. The van der Waals surface area contributed by atoms with E-state index < -0.39 is 113 Å². The van der Waals surface area contributed by atoms with Crippen LogP contribution in [0.3, 0.4) is 0 Å². The van der Waals surface area contributed by atoms with Gasteiger partial charge in [-0.25, -0.2) is 9.36 Å². The average Bonchev–Trinajstić information content (AvgIpc) is 3.29. The molecule has 18 nitrogen and oxygen atoms in total. The zero-order valence-corrected chi connectivity index (χ0v) is 40.4. The first kappa shape index (κ1) is 60.3. The van der Waals surface area contributed by atoms with E-state index >= 15 is 0 Å². The van der Waals surface area contributed by atoms with Gasteiger partial charge in [0, 0.05) is 12.5 Å². The molecule has 0 aromatic carbocycles. The molecule has 0 aromatic heterocycles. The van der Waals surface area contributed by atoms with E-state index in [-0.39, 0.29) is 6.42 Å². The Morgan fingerprint density at radius 2 is 1.09 bits per heavy atom. The van der Waals surface area contributed by atoms with Gasteiger partial charge in [-0.15, -0.1) is 0 Å². The molecule has 1 aliphatic heterocycles. The molecule has 0 amide bonds. The number of phosphoric ester groups is 1. The molecule has 66 heavy (non-hydrogen) atoms. The molecule has 1 aliphatic carbocycles. The summed E-state index contributed by atoms with van der Waals surface area (Å²) >= 11 is 0. The zero-order chi connectivity index (χ0) is 48.7. The highest BCUT2D eigenvalue weighted by Gasteiger charge is 2.55. The van der Waals surface area contributed by atoms with Gasteiger partial charge in [-0.3, -0.25) is 13.8 Å². The quantitative estimate of drug-likeness (QED) is 0.0129. The molecular formula is C47H85O18P. The molecular weight excluding hydrogens is 883 g/mol. The Morgan fingerprint density at radius 1 is 0.606 bits per heavy atom. The molecule has 9 N–H and O–H groups in total. The first-order chi connectivity index (χ1) is 31.7. The van der Waals surface area contributed by atoms with Crippen molar-refractivity contribution in [2.45, 2.75) is 241 Å². The maximum absolute atomic E-state index is 13.4. The Labute approximate surface area is 392 Å². The molecule has 19 heteroatoms. The van der Waals surface area contributed by atoms with Crippen LogP contribution in [0.5, 0.6) is 0 Å². The van der Waals surface area contributed by atoms with Crippen LogP contribution in [-0.4, -0.2) is 151 Å². The Kier molecular flexibility index (Phi) is 32.2. The smallest absolute Gasteiger partial charge is 0.458 e. The van der Waals surface area contributed by atoms with Crippen molar-refractivity contribution in [3.8, 4) is 0 Å². The summed E-state index contributed by atoms with van der Waals surface area (Å²) in [5.41, 5.74) is 0. The molecule has 1 heterocycles. The first-order valence-electron chi connectivity index (χ1n) is 24.7. The lowest BCUT2D eigenvalue weighted by molar-refractivity contribution is -0.338. The van der Waals surface area contributed by atoms with Gasteiger partial charge in [0.05, 0.1) is 13.2 Å². The van der Waals surface area contributed by atoms with Crippen molar-refractivity contribution < 1.29 is 87.9 Å². The van der Waals surface area contributed by atoms with E-state index in [0.29, 0.717) is 6.42 Å². The number of aliphatic hydroxyl groups is 8. The summed E-state index contributed by atoms with van der Waals surface area (Å²) in [4.78, 5) is 36.3. The molecule has 0 aromatic rings. The predicted molar refractivity (Wildman–Crippen MR) is 245 cm³/mol. The van der Waals surface area contributed by atoms with Gasteiger partial charge in [0.15, 0.2) is 12.4 Å². The molecule has 13 atom stereocenters. The highest BCUT2D eigenvalue weighted by Crippen LogP contribution is 2.48. The molecule has 0 radical (unpaired) electrons. The summed E-state index contributed by atoms with van der Waals surface area (Å²) < 4.78 is 45.2. The molecule has 1 saturated carbocycles. The molecule has 2 fully saturated rings. The van der Waals surface area contributed by atoms with Gasteiger partial charge in [-0.05, 0) is 19.3 Å². The second-order valence-corrected chi connectivity index (χ2v) is 19.1. The van der Waals surface area contributed by atoms with Crippen molar-refractivity contribution in [3.05, 3.63) is 24.3 Å². The van der Waals surface area contributed by atoms with Gasteiger partial charge in [-0.1, -0.05) is 160 Å². The van der Waals surface area contributed by atoms with Gasteiger partial charge >= 0.3 is 19.8 Å². The van der Waals surface area contributed by atoms with Crippen molar-refractivity contribution in [3.63, 3.8) is 0 Å². The minimum Gasteiger partial charge on any atom is -0.458 e. The number of unbranched alkanes of at least 4 members (excludes halogenated alkanes) is 21. The first-order valence-corrected chi connectivity index (χ1v) is 26.2. The number of allylic oxidation sites excluding steroid dienone is 3. The molecule has 2 aliphatic rings. The Morgan fingerprint density at radius 3 is 1.62 bits per heavy atom. The Balaban J connectivity index is 1.99. The van der Waals surface area contributed by atoms with Crippen LogP contribution >= 0.6 is 7.82 Å². The lowest BCUT2D eigenvalue weighted by atomic mass is 9.84. The third kappa shape index (κ3) is 24.1. The average molecular weight is 969 g/mol. The van der Waals surface area contributed by atoms with E-state index in [1.807, 2.05) is 6.08 Å². The SMILES string of the molecule is CCCCCCCCCCCCC/C=C/C=C/C(=O)OCC(COP(=O)(O)OC1C(O)C(O)C(O)C(O)C1OC1OC(CO)C(O)C(O)C1O)OC(=O)CCCCCCCCCCCCC. The van der Waals surface area contributed by atoms with Gasteiger partial charge < -0.3 is 64.7 Å². The molecule has 1 saturated heterocycles. The molecule has 0 spiro atoms. The monoisotopic (exact) mass is 969 g/mol. The molecule has 2 rings (SSSR count). The van der Waals surface area contributed by atoms with Crippen LogP contribution in [0.1, 0.15) is 168 Å². The number of carbonyl (C=O) groups is 2. The molecule has 386 valence electrons. The fourth-order valence-electron chi connectivity index (χ4n) is 7.91. The predicted octanol–water partition coefficient (Wildman–Crippen LogP) is 5.10. The lowest BCUT2D eigenvalue weighted by Gasteiger charge is -2.47. The highest BCUT2D eigenvalue weighted by atomic mass is 31.2. The molecule has 13 unspecified atom stereocenters. The number of ether oxygens (including phenoxy) is 4. The summed E-state index contributed by atoms with van der Waals surface area (Å²) in [5, 5.41) is 82.8. The van der Waals surface area contributed by atoms with E-state index in [9.17, 15) is 59.9 Å². The third-order valence-electron chi connectivity index (χ3n) is 12.0. The van der Waals surface area contributed by atoms with Crippen molar-refractivity contribution in [2.75, 3.05) is 19.8 Å².